The first-order chi connectivity index (χ1) is 10.2. The number of rotatable bonds is 4. The fourth-order valence-electron chi connectivity index (χ4n) is 2.74. The summed E-state index contributed by atoms with van der Waals surface area (Å²) in [5.74, 6) is -0.316. The molecule has 2 N–H and O–H groups in total. The molecule has 112 valence electrons. The summed E-state index contributed by atoms with van der Waals surface area (Å²) >= 11 is 0. The average molecular weight is 290 g/mol. The SMILES string of the molecule is O=C(Cc1c[nH]c2cc(F)ccc12)NC[C@@H]1CCCCO1. The molecule has 3 rings (SSSR count). The molecule has 0 saturated carbocycles. The summed E-state index contributed by atoms with van der Waals surface area (Å²) in [4.78, 5) is 15.0. The molecule has 0 radical (unpaired) electrons. The van der Waals surface area contributed by atoms with Crippen LogP contribution in [0, 0.1) is 5.82 Å². The standard InChI is InChI=1S/C16H19FN2O2/c17-12-4-5-14-11(9-18-15(14)8-12)7-16(20)19-10-13-3-1-2-6-21-13/h4-5,8-9,13,18H,1-3,6-7,10H2,(H,19,20)/t13-/m0/s1. The molecule has 1 aliphatic heterocycles. The molecule has 21 heavy (non-hydrogen) atoms. The number of carbonyl (C=O) groups excluding carboxylic acids is 1. The van der Waals surface area contributed by atoms with Crippen LogP contribution in [0.15, 0.2) is 24.4 Å². The Morgan fingerprint density at radius 2 is 2.33 bits per heavy atom. The number of nitrogens with one attached hydrogen (secondary N) is 2. The normalized spacial score (nSPS) is 18.8. The summed E-state index contributed by atoms with van der Waals surface area (Å²) in [7, 11) is 0. The van der Waals surface area contributed by atoms with Crippen molar-refractivity contribution in [1.82, 2.24) is 10.3 Å². The molecule has 1 saturated heterocycles. The predicted molar refractivity (Wildman–Crippen MR) is 78.6 cm³/mol. The minimum absolute atomic E-state index is 0.0330. The van der Waals surface area contributed by atoms with Gasteiger partial charge < -0.3 is 15.0 Å². The van der Waals surface area contributed by atoms with Crippen molar-refractivity contribution >= 4 is 16.8 Å². The van der Waals surface area contributed by atoms with Crippen molar-refractivity contribution in [2.75, 3.05) is 13.2 Å². The van der Waals surface area contributed by atoms with Gasteiger partial charge in [-0.25, -0.2) is 4.39 Å². The first kappa shape index (κ1) is 14.1. The highest BCUT2D eigenvalue weighted by molar-refractivity contribution is 5.88. The smallest absolute Gasteiger partial charge is 0.224 e. The maximum Gasteiger partial charge on any atom is 0.224 e. The van der Waals surface area contributed by atoms with Gasteiger partial charge in [-0.05, 0) is 43.0 Å². The number of ether oxygens (including phenoxy) is 1. The number of H-pyrrole nitrogens is 1. The fourth-order valence-corrected chi connectivity index (χ4v) is 2.74. The van der Waals surface area contributed by atoms with E-state index < -0.39 is 0 Å². The molecule has 1 aliphatic rings. The number of hydrogen-bond acceptors (Lipinski definition) is 2. The second kappa shape index (κ2) is 6.26. The van der Waals surface area contributed by atoms with Gasteiger partial charge in [0.2, 0.25) is 5.91 Å². The molecule has 0 aliphatic carbocycles. The molecule has 0 spiro atoms. The highest BCUT2D eigenvalue weighted by Gasteiger charge is 2.15. The highest BCUT2D eigenvalue weighted by Crippen LogP contribution is 2.19. The maximum atomic E-state index is 13.1. The quantitative estimate of drug-likeness (QED) is 0.909. The van der Waals surface area contributed by atoms with Crippen LogP contribution in [0.5, 0.6) is 0 Å². The lowest BCUT2D eigenvalue weighted by molar-refractivity contribution is -0.121. The van der Waals surface area contributed by atoms with Crippen LogP contribution in [0.4, 0.5) is 4.39 Å². The molecule has 0 bridgehead atoms. The van der Waals surface area contributed by atoms with Crippen molar-refractivity contribution in [2.24, 2.45) is 0 Å². The molecule has 1 atom stereocenters. The monoisotopic (exact) mass is 290 g/mol. The van der Waals surface area contributed by atoms with Crippen molar-refractivity contribution in [3.05, 3.63) is 35.8 Å². The molecule has 0 unspecified atom stereocenters. The van der Waals surface area contributed by atoms with Crippen molar-refractivity contribution in [3.63, 3.8) is 0 Å². The Hall–Kier alpha value is -1.88. The number of fused-ring (bicyclic) bond motifs is 1. The largest absolute Gasteiger partial charge is 0.376 e. The molecule has 1 amide bonds. The van der Waals surface area contributed by atoms with Gasteiger partial charge in [0.1, 0.15) is 5.82 Å². The number of halogens is 1. The van der Waals surface area contributed by atoms with Crippen molar-refractivity contribution in [2.45, 2.75) is 31.8 Å². The van der Waals surface area contributed by atoms with E-state index in [-0.39, 0.29) is 17.8 Å². The lowest BCUT2D eigenvalue weighted by atomic mass is 10.1. The number of hydrogen-bond donors (Lipinski definition) is 2. The second-order valence-corrected chi connectivity index (χ2v) is 5.47. The summed E-state index contributed by atoms with van der Waals surface area (Å²) in [6.07, 6.45) is 5.47. The van der Waals surface area contributed by atoms with E-state index in [4.69, 9.17) is 4.74 Å². The summed E-state index contributed by atoms with van der Waals surface area (Å²) in [5, 5.41) is 3.80. The lowest BCUT2D eigenvalue weighted by Gasteiger charge is -2.22. The molecule has 4 nitrogen and oxygen atoms in total. The molecular formula is C16H19FN2O2. The summed E-state index contributed by atoms with van der Waals surface area (Å²) in [6, 6.07) is 4.55. The third kappa shape index (κ3) is 3.42. The van der Waals surface area contributed by atoms with Crippen LogP contribution < -0.4 is 5.32 Å². The Morgan fingerprint density at radius 3 is 3.14 bits per heavy atom. The van der Waals surface area contributed by atoms with Crippen LogP contribution in [0.25, 0.3) is 10.9 Å². The minimum atomic E-state index is -0.283. The van der Waals surface area contributed by atoms with E-state index in [1.807, 2.05) is 0 Å². The van der Waals surface area contributed by atoms with Crippen LogP contribution in [0.1, 0.15) is 24.8 Å². The van der Waals surface area contributed by atoms with Gasteiger partial charge in [0.15, 0.2) is 0 Å². The molecular weight excluding hydrogens is 271 g/mol. The zero-order valence-electron chi connectivity index (χ0n) is 11.8. The molecule has 2 aromatic rings. The number of aromatic nitrogens is 1. The fraction of sp³-hybridized carbons (Fsp3) is 0.438. The van der Waals surface area contributed by atoms with Crippen LogP contribution in [0.2, 0.25) is 0 Å². The van der Waals surface area contributed by atoms with E-state index in [2.05, 4.69) is 10.3 Å². The van der Waals surface area contributed by atoms with E-state index in [9.17, 15) is 9.18 Å². The van der Waals surface area contributed by atoms with Gasteiger partial charge in [-0.3, -0.25) is 4.79 Å². The van der Waals surface area contributed by atoms with Gasteiger partial charge in [0, 0.05) is 30.3 Å². The second-order valence-electron chi connectivity index (χ2n) is 5.47. The van der Waals surface area contributed by atoms with Crippen molar-refractivity contribution in [3.8, 4) is 0 Å². The van der Waals surface area contributed by atoms with Crippen molar-refractivity contribution < 1.29 is 13.9 Å². The third-order valence-corrected chi connectivity index (χ3v) is 3.88. The Bertz CT molecular complexity index is 632. The summed E-state index contributed by atoms with van der Waals surface area (Å²) < 4.78 is 18.7. The third-order valence-electron chi connectivity index (χ3n) is 3.88. The molecule has 1 fully saturated rings. The molecule has 1 aromatic heterocycles. The molecule has 5 heteroatoms. The van der Waals surface area contributed by atoms with Gasteiger partial charge in [-0.1, -0.05) is 0 Å². The van der Waals surface area contributed by atoms with Gasteiger partial charge in [0.05, 0.1) is 12.5 Å². The topological polar surface area (TPSA) is 54.1 Å². The van der Waals surface area contributed by atoms with E-state index >= 15 is 0 Å². The van der Waals surface area contributed by atoms with Gasteiger partial charge >= 0.3 is 0 Å². The van der Waals surface area contributed by atoms with E-state index in [1.165, 1.54) is 12.1 Å². The summed E-state index contributed by atoms with van der Waals surface area (Å²) in [6.45, 7) is 1.35. The van der Waals surface area contributed by atoms with Crippen LogP contribution in [-0.4, -0.2) is 30.1 Å². The summed E-state index contributed by atoms with van der Waals surface area (Å²) in [5.41, 5.74) is 1.60. The van der Waals surface area contributed by atoms with E-state index in [0.29, 0.717) is 18.5 Å². The predicted octanol–water partition coefficient (Wildman–Crippen LogP) is 2.53. The van der Waals surface area contributed by atoms with Gasteiger partial charge in [-0.15, -0.1) is 0 Å². The van der Waals surface area contributed by atoms with Crippen LogP contribution >= 0.6 is 0 Å². The Kier molecular flexibility index (Phi) is 4.20. The van der Waals surface area contributed by atoms with Gasteiger partial charge in [-0.2, -0.15) is 0 Å². The van der Waals surface area contributed by atoms with E-state index in [1.54, 1.807) is 12.3 Å². The first-order valence-corrected chi connectivity index (χ1v) is 7.36. The molecule has 1 aromatic carbocycles. The number of carbonyl (C=O) groups is 1. The Morgan fingerprint density at radius 1 is 1.43 bits per heavy atom. The Labute approximate surface area is 122 Å². The average Bonchev–Trinajstić information content (AvgIpc) is 2.88. The molecule has 2 heterocycles. The van der Waals surface area contributed by atoms with Crippen LogP contribution in [0.3, 0.4) is 0 Å². The van der Waals surface area contributed by atoms with Crippen molar-refractivity contribution in [1.29, 1.82) is 0 Å². The van der Waals surface area contributed by atoms with E-state index in [0.717, 1.165) is 36.8 Å². The maximum absolute atomic E-state index is 13.1. The zero-order chi connectivity index (χ0) is 14.7. The zero-order valence-corrected chi connectivity index (χ0v) is 11.8. The minimum Gasteiger partial charge on any atom is -0.376 e. The lowest BCUT2D eigenvalue weighted by Crippen LogP contribution is -2.36. The van der Waals surface area contributed by atoms with Crippen LogP contribution in [-0.2, 0) is 16.0 Å². The number of amides is 1. The first-order valence-electron chi connectivity index (χ1n) is 7.36. The highest BCUT2D eigenvalue weighted by atomic mass is 19.1. The Balaban J connectivity index is 1.58. The number of benzene rings is 1. The number of aromatic amines is 1. The van der Waals surface area contributed by atoms with Gasteiger partial charge in [0.25, 0.3) is 0 Å².